The first-order valence-electron chi connectivity index (χ1n) is 10.5. The number of thioether (sulfide) groups is 1. The van der Waals surface area contributed by atoms with E-state index < -0.39 is 0 Å². The van der Waals surface area contributed by atoms with Gasteiger partial charge in [-0.15, -0.1) is 10.2 Å². The van der Waals surface area contributed by atoms with Crippen molar-refractivity contribution in [3.63, 3.8) is 0 Å². The highest BCUT2D eigenvalue weighted by Gasteiger charge is 2.20. The number of carbonyl (C=O) groups is 1. The first-order chi connectivity index (χ1) is 15.1. The molecule has 2 aromatic heterocycles. The van der Waals surface area contributed by atoms with Gasteiger partial charge in [0.1, 0.15) is 0 Å². The molecule has 8 heteroatoms. The lowest BCUT2D eigenvalue weighted by Gasteiger charge is -2.12. The average Bonchev–Trinajstić information content (AvgIpc) is 3.44. The molecule has 0 spiro atoms. The molecule has 2 aromatic carbocycles. The molecule has 1 aliphatic rings. The van der Waals surface area contributed by atoms with E-state index in [1.54, 1.807) is 4.57 Å². The molecule has 0 bridgehead atoms. The van der Waals surface area contributed by atoms with Crippen LogP contribution in [-0.2, 0) is 4.79 Å². The van der Waals surface area contributed by atoms with E-state index in [0.29, 0.717) is 16.3 Å². The summed E-state index contributed by atoms with van der Waals surface area (Å²) in [6.07, 6.45) is 4.46. The van der Waals surface area contributed by atoms with E-state index in [-0.39, 0.29) is 23.3 Å². The molecule has 1 aliphatic carbocycles. The summed E-state index contributed by atoms with van der Waals surface area (Å²) in [7, 11) is 0. The quantitative estimate of drug-likeness (QED) is 0.487. The van der Waals surface area contributed by atoms with E-state index in [1.165, 1.54) is 24.6 Å². The van der Waals surface area contributed by atoms with Gasteiger partial charge in [0, 0.05) is 6.04 Å². The number of rotatable bonds is 5. The number of carbonyl (C=O) groups excluding carboxylic acids is 1. The van der Waals surface area contributed by atoms with Crippen LogP contribution < -0.4 is 10.9 Å². The van der Waals surface area contributed by atoms with Crippen LogP contribution >= 0.6 is 11.8 Å². The summed E-state index contributed by atoms with van der Waals surface area (Å²) >= 11 is 1.34. The molecule has 0 aliphatic heterocycles. The Hall–Kier alpha value is -3.13. The van der Waals surface area contributed by atoms with Gasteiger partial charge in [0.25, 0.3) is 5.56 Å². The molecule has 1 fully saturated rings. The Balaban J connectivity index is 1.57. The lowest BCUT2D eigenvalue weighted by Crippen LogP contribution is -2.33. The smallest absolute Gasteiger partial charge is 0.267 e. The van der Waals surface area contributed by atoms with Crippen molar-refractivity contribution >= 4 is 34.3 Å². The van der Waals surface area contributed by atoms with Crippen LogP contribution in [0.15, 0.2) is 58.5 Å². The molecular weight excluding hydrogens is 410 g/mol. The van der Waals surface area contributed by atoms with Gasteiger partial charge in [-0.3, -0.25) is 14.0 Å². The van der Waals surface area contributed by atoms with Crippen molar-refractivity contribution in [2.45, 2.75) is 43.8 Å². The van der Waals surface area contributed by atoms with Gasteiger partial charge in [-0.05, 0) is 44.0 Å². The van der Waals surface area contributed by atoms with Crippen LogP contribution in [0.3, 0.4) is 0 Å². The largest absolute Gasteiger partial charge is 0.353 e. The van der Waals surface area contributed by atoms with Gasteiger partial charge in [0.05, 0.1) is 22.3 Å². The van der Waals surface area contributed by atoms with Crippen LogP contribution in [0.5, 0.6) is 0 Å². The Kier molecular flexibility index (Phi) is 5.23. The fraction of sp³-hybridized carbons (Fsp3) is 0.304. The summed E-state index contributed by atoms with van der Waals surface area (Å²) in [6.45, 7) is 2.00. The maximum atomic E-state index is 13.3. The fourth-order valence-electron chi connectivity index (χ4n) is 4.17. The standard InChI is InChI=1S/C23H23N5O2S/c1-15-10-12-17(13-11-15)27-21(30)18-8-4-5-9-19(18)28-22(27)25-26-23(28)31-14-20(29)24-16-6-2-3-7-16/h4-5,8-13,16H,2-3,6-7,14H2,1H3,(H,24,29). The zero-order chi connectivity index (χ0) is 21.4. The lowest BCUT2D eigenvalue weighted by molar-refractivity contribution is -0.119. The number of benzene rings is 2. The normalized spacial score (nSPS) is 14.5. The first kappa shape index (κ1) is 19.8. The second-order valence-corrected chi connectivity index (χ2v) is 8.89. The van der Waals surface area contributed by atoms with Crippen LogP contribution in [0.25, 0.3) is 22.4 Å². The van der Waals surface area contributed by atoms with Gasteiger partial charge in [-0.25, -0.2) is 4.57 Å². The number of para-hydroxylation sites is 1. The summed E-state index contributed by atoms with van der Waals surface area (Å²) in [6, 6.07) is 15.5. The molecule has 1 N–H and O–H groups in total. The van der Waals surface area contributed by atoms with E-state index in [4.69, 9.17) is 0 Å². The number of nitrogens with one attached hydrogen (secondary N) is 1. The van der Waals surface area contributed by atoms with Crippen molar-refractivity contribution in [1.29, 1.82) is 0 Å². The van der Waals surface area contributed by atoms with Crippen molar-refractivity contribution < 1.29 is 4.79 Å². The Bertz CT molecular complexity index is 1320. The predicted molar refractivity (Wildman–Crippen MR) is 122 cm³/mol. The third-order valence-corrected chi connectivity index (χ3v) is 6.67. The molecule has 1 saturated carbocycles. The molecule has 0 saturated heterocycles. The van der Waals surface area contributed by atoms with Crippen molar-refractivity contribution in [3.8, 4) is 5.69 Å². The van der Waals surface area contributed by atoms with Crippen molar-refractivity contribution in [3.05, 3.63) is 64.4 Å². The van der Waals surface area contributed by atoms with E-state index in [9.17, 15) is 9.59 Å². The Morgan fingerprint density at radius 1 is 1.10 bits per heavy atom. The minimum Gasteiger partial charge on any atom is -0.353 e. The first-order valence-corrected chi connectivity index (χ1v) is 11.5. The van der Waals surface area contributed by atoms with Crippen LogP contribution in [0, 0.1) is 6.92 Å². The van der Waals surface area contributed by atoms with E-state index >= 15 is 0 Å². The van der Waals surface area contributed by atoms with E-state index in [2.05, 4.69) is 15.5 Å². The summed E-state index contributed by atoms with van der Waals surface area (Å²) < 4.78 is 3.45. The second kappa shape index (κ2) is 8.19. The molecule has 158 valence electrons. The molecule has 1 amide bonds. The predicted octanol–water partition coefficient (Wildman–Crippen LogP) is 3.49. The monoisotopic (exact) mass is 433 g/mol. The van der Waals surface area contributed by atoms with Gasteiger partial charge in [0.2, 0.25) is 11.7 Å². The summed E-state index contributed by atoms with van der Waals surface area (Å²) in [5.41, 5.74) is 2.43. The third-order valence-electron chi connectivity index (χ3n) is 5.74. The topological polar surface area (TPSA) is 81.3 Å². The van der Waals surface area contributed by atoms with Gasteiger partial charge in [-0.2, -0.15) is 0 Å². The minimum absolute atomic E-state index is 0.00446. The Morgan fingerprint density at radius 2 is 1.84 bits per heavy atom. The Labute approximate surface area is 183 Å². The molecule has 4 aromatic rings. The van der Waals surface area contributed by atoms with Crippen LogP contribution in [0.2, 0.25) is 0 Å². The van der Waals surface area contributed by atoms with Gasteiger partial charge >= 0.3 is 0 Å². The minimum atomic E-state index is -0.144. The van der Waals surface area contributed by atoms with Crippen molar-refractivity contribution in [2.24, 2.45) is 0 Å². The number of fused-ring (bicyclic) bond motifs is 3. The zero-order valence-corrected chi connectivity index (χ0v) is 18.1. The molecule has 5 rings (SSSR count). The van der Waals surface area contributed by atoms with Crippen LogP contribution in [0.4, 0.5) is 0 Å². The highest BCUT2D eigenvalue weighted by molar-refractivity contribution is 7.99. The Morgan fingerprint density at radius 3 is 2.61 bits per heavy atom. The van der Waals surface area contributed by atoms with Crippen LogP contribution in [0.1, 0.15) is 31.2 Å². The lowest BCUT2D eigenvalue weighted by atomic mass is 10.2. The maximum absolute atomic E-state index is 13.3. The molecule has 0 radical (unpaired) electrons. The summed E-state index contributed by atoms with van der Waals surface area (Å²) in [5.74, 6) is 0.700. The molecule has 0 unspecified atom stereocenters. The number of aryl methyl sites for hydroxylation is 1. The van der Waals surface area contributed by atoms with Crippen LogP contribution in [-0.4, -0.2) is 36.9 Å². The summed E-state index contributed by atoms with van der Waals surface area (Å²) in [4.78, 5) is 25.7. The van der Waals surface area contributed by atoms with Gasteiger partial charge in [0.15, 0.2) is 5.16 Å². The van der Waals surface area contributed by atoms with E-state index in [1.807, 2.05) is 59.9 Å². The van der Waals surface area contributed by atoms with E-state index in [0.717, 1.165) is 29.6 Å². The molecular formula is C23H23N5O2S. The number of hydrogen-bond acceptors (Lipinski definition) is 5. The average molecular weight is 434 g/mol. The molecule has 2 heterocycles. The zero-order valence-electron chi connectivity index (χ0n) is 17.2. The van der Waals surface area contributed by atoms with Crippen molar-refractivity contribution in [2.75, 3.05) is 5.75 Å². The molecule has 31 heavy (non-hydrogen) atoms. The molecule has 0 atom stereocenters. The number of amides is 1. The summed E-state index contributed by atoms with van der Waals surface area (Å²) in [5, 5.41) is 12.9. The molecule has 7 nitrogen and oxygen atoms in total. The second-order valence-electron chi connectivity index (χ2n) is 7.95. The number of nitrogens with zero attached hydrogens (tertiary/aromatic N) is 4. The third kappa shape index (κ3) is 3.72. The highest BCUT2D eigenvalue weighted by Crippen LogP contribution is 2.24. The maximum Gasteiger partial charge on any atom is 0.267 e. The number of aromatic nitrogens is 4. The number of hydrogen-bond donors (Lipinski definition) is 1. The van der Waals surface area contributed by atoms with Gasteiger partial charge < -0.3 is 5.32 Å². The van der Waals surface area contributed by atoms with Gasteiger partial charge in [-0.1, -0.05) is 54.4 Å². The SMILES string of the molecule is Cc1ccc(-n2c(=O)c3ccccc3n3c(SCC(=O)NC4CCCC4)nnc23)cc1. The fourth-order valence-corrected chi connectivity index (χ4v) is 4.92. The van der Waals surface area contributed by atoms with Crippen molar-refractivity contribution in [1.82, 2.24) is 24.5 Å². The highest BCUT2D eigenvalue weighted by atomic mass is 32.2.